The molecular weight excluding hydrogens is 236 g/mol. The van der Waals surface area contributed by atoms with Crippen LogP contribution in [0.1, 0.15) is 24.8 Å². The summed E-state index contributed by atoms with van der Waals surface area (Å²) in [4.78, 5) is 14.7. The molecule has 4 nitrogen and oxygen atoms in total. The number of likely N-dealkylation sites (N-methyl/N-ethyl adjacent to an activating group) is 1. The zero-order chi connectivity index (χ0) is 12.7. The molecule has 1 heterocycles. The molecule has 0 aliphatic heterocycles. The summed E-state index contributed by atoms with van der Waals surface area (Å²) in [7, 11) is 1.38. The summed E-state index contributed by atoms with van der Waals surface area (Å²) < 4.78 is 4.60. The van der Waals surface area contributed by atoms with E-state index in [2.05, 4.69) is 40.2 Å². The zero-order valence-electron chi connectivity index (χ0n) is 10.6. The van der Waals surface area contributed by atoms with Crippen molar-refractivity contribution in [3.8, 4) is 0 Å². The van der Waals surface area contributed by atoms with Gasteiger partial charge in [0.25, 0.3) is 0 Å². The van der Waals surface area contributed by atoms with Crippen LogP contribution in [0.3, 0.4) is 0 Å². The number of ether oxygens (including phenoxy) is 1. The molecule has 0 fully saturated rings. The Hall–Kier alpha value is -1.07. The third-order valence-corrected chi connectivity index (χ3v) is 3.72. The van der Waals surface area contributed by atoms with Crippen molar-refractivity contribution in [3.05, 3.63) is 22.4 Å². The Labute approximate surface area is 107 Å². The number of nitrogens with one attached hydrogen (secondary N) is 1. The second-order valence-corrected chi connectivity index (χ2v) is 4.60. The van der Waals surface area contributed by atoms with E-state index >= 15 is 0 Å². The minimum absolute atomic E-state index is 0.226. The summed E-state index contributed by atoms with van der Waals surface area (Å²) in [6.45, 7) is 6.75. The van der Waals surface area contributed by atoms with E-state index in [9.17, 15) is 4.79 Å². The minimum atomic E-state index is -0.376. The van der Waals surface area contributed by atoms with Crippen LogP contribution in [0.4, 0.5) is 4.79 Å². The Balaban J connectivity index is 2.69. The van der Waals surface area contributed by atoms with Gasteiger partial charge in [-0.1, -0.05) is 19.9 Å². The van der Waals surface area contributed by atoms with E-state index in [1.165, 1.54) is 12.0 Å². The van der Waals surface area contributed by atoms with Crippen LogP contribution in [-0.4, -0.2) is 37.7 Å². The molecule has 0 radical (unpaired) electrons. The molecule has 1 N–H and O–H groups in total. The standard InChI is InChI=1S/C12H20N2O2S/c1-4-14(5-2)10(9-13-12(15)16-3)11-7-6-8-17-11/h6-8,10H,4-5,9H2,1-3H3,(H,13,15). The van der Waals surface area contributed by atoms with Crippen LogP contribution in [0.2, 0.25) is 0 Å². The highest BCUT2D eigenvalue weighted by Gasteiger charge is 2.19. The number of thiophene rings is 1. The van der Waals surface area contributed by atoms with Crippen molar-refractivity contribution in [2.75, 3.05) is 26.7 Å². The number of nitrogens with zero attached hydrogens (tertiary/aromatic N) is 1. The lowest BCUT2D eigenvalue weighted by Gasteiger charge is -2.28. The molecule has 1 atom stereocenters. The first-order valence-electron chi connectivity index (χ1n) is 5.82. The minimum Gasteiger partial charge on any atom is -0.453 e. The molecule has 17 heavy (non-hydrogen) atoms. The van der Waals surface area contributed by atoms with E-state index in [1.54, 1.807) is 11.3 Å². The molecule has 0 aliphatic carbocycles. The Morgan fingerprint density at radius 3 is 2.71 bits per heavy atom. The molecule has 1 rings (SSSR count). The quantitative estimate of drug-likeness (QED) is 0.850. The van der Waals surface area contributed by atoms with Crippen LogP contribution >= 0.6 is 11.3 Å². The van der Waals surface area contributed by atoms with E-state index in [-0.39, 0.29) is 12.1 Å². The molecule has 1 aromatic heterocycles. The lowest BCUT2D eigenvalue weighted by molar-refractivity contribution is 0.161. The largest absolute Gasteiger partial charge is 0.453 e. The Bertz CT molecular complexity index is 323. The summed E-state index contributed by atoms with van der Waals surface area (Å²) in [5.41, 5.74) is 0. The number of hydrogen-bond acceptors (Lipinski definition) is 4. The first kappa shape index (κ1) is 14.0. The van der Waals surface area contributed by atoms with Gasteiger partial charge in [-0.2, -0.15) is 0 Å². The maximum atomic E-state index is 11.1. The molecule has 0 aromatic carbocycles. The van der Waals surface area contributed by atoms with Crippen molar-refractivity contribution in [2.24, 2.45) is 0 Å². The predicted octanol–water partition coefficient (Wildman–Crippen LogP) is 2.49. The molecule has 0 saturated carbocycles. The van der Waals surface area contributed by atoms with Gasteiger partial charge < -0.3 is 10.1 Å². The first-order valence-corrected chi connectivity index (χ1v) is 6.70. The summed E-state index contributed by atoms with van der Waals surface area (Å²) in [6, 6.07) is 4.37. The third-order valence-electron chi connectivity index (χ3n) is 2.75. The number of hydrogen-bond donors (Lipinski definition) is 1. The van der Waals surface area contributed by atoms with E-state index in [1.807, 2.05) is 6.07 Å². The number of alkyl carbamates (subject to hydrolysis) is 1. The molecular formula is C12H20N2O2S. The van der Waals surface area contributed by atoms with Crippen molar-refractivity contribution in [3.63, 3.8) is 0 Å². The average Bonchev–Trinajstić information content (AvgIpc) is 2.87. The fourth-order valence-corrected chi connectivity index (χ4v) is 2.67. The number of carbonyl (C=O) groups is 1. The topological polar surface area (TPSA) is 41.6 Å². The molecule has 0 saturated heterocycles. The normalized spacial score (nSPS) is 12.5. The third kappa shape index (κ3) is 4.02. The molecule has 1 unspecified atom stereocenters. The fraction of sp³-hybridized carbons (Fsp3) is 0.583. The molecule has 96 valence electrons. The van der Waals surface area contributed by atoms with Gasteiger partial charge in [0, 0.05) is 11.4 Å². The van der Waals surface area contributed by atoms with E-state index in [4.69, 9.17) is 0 Å². The Morgan fingerprint density at radius 2 is 2.24 bits per heavy atom. The molecule has 1 aromatic rings. The van der Waals surface area contributed by atoms with Crippen LogP contribution in [0.5, 0.6) is 0 Å². The average molecular weight is 256 g/mol. The lowest BCUT2D eigenvalue weighted by atomic mass is 10.2. The molecule has 5 heteroatoms. The van der Waals surface area contributed by atoms with Gasteiger partial charge in [-0.25, -0.2) is 4.79 Å². The Kier molecular flexibility index (Phi) is 6.00. The monoisotopic (exact) mass is 256 g/mol. The maximum absolute atomic E-state index is 11.1. The van der Waals surface area contributed by atoms with Crippen LogP contribution in [0, 0.1) is 0 Å². The first-order chi connectivity index (χ1) is 8.22. The van der Waals surface area contributed by atoms with Gasteiger partial charge in [0.1, 0.15) is 0 Å². The van der Waals surface area contributed by atoms with Gasteiger partial charge in [0.15, 0.2) is 0 Å². The second-order valence-electron chi connectivity index (χ2n) is 3.62. The van der Waals surface area contributed by atoms with Crippen molar-refractivity contribution in [2.45, 2.75) is 19.9 Å². The van der Waals surface area contributed by atoms with Crippen LogP contribution < -0.4 is 5.32 Å². The molecule has 1 amide bonds. The van der Waals surface area contributed by atoms with Crippen molar-refractivity contribution in [1.82, 2.24) is 10.2 Å². The predicted molar refractivity (Wildman–Crippen MR) is 70.4 cm³/mol. The summed E-state index contributed by atoms with van der Waals surface area (Å²) in [6.07, 6.45) is -0.376. The highest BCUT2D eigenvalue weighted by Crippen LogP contribution is 2.24. The van der Waals surface area contributed by atoms with E-state index in [0.717, 1.165) is 13.1 Å². The summed E-state index contributed by atoms with van der Waals surface area (Å²) >= 11 is 1.72. The number of carbonyl (C=O) groups excluding carboxylic acids is 1. The lowest BCUT2D eigenvalue weighted by Crippen LogP contribution is -2.37. The Morgan fingerprint density at radius 1 is 1.53 bits per heavy atom. The zero-order valence-corrected chi connectivity index (χ0v) is 11.4. The maximum Gasteiger partial charge on any atom is 0.406 e. The number of amides is 1. The highest BCUT2D eigenvalue weighted by molar-refractivity contribution is 7.10. The van der Waals surface area contributed by atoms with E-state index in [0.29, 0.717) is 6.54 Å². The van der Waals surface area contributed by atoms with Crippen molar-refractivity contribution in [1.29, 1.82) is 0 Å². The van der Waals surface area contributed by atoms with Gasteiger partial charge in [0.2, 0.25) is 0 Å². The molecule has 0 aliphatic rings. The smallest absolute Gasteiger partial charge is 0.406 e. The molecule has 0 bridgehead atoms. The van der Waals surface area contributed by atoms with Gasteiger partial charge in [0.05, 0.1) is 13.2 Å². The fourth-order valence-electron chi connectivity index (χ4n) is 1.81. The summed E-state index contributed by atoms with van der Waals surface area (Å²) in [5, 5.41) is 4.83. The highest BCUT2D eigenvalue weighted by atomic mass is 32.1. The van der Waals surface area contributed by atoms with Crippen LogP contribution in [0.15, 0.2) is 17.5 Å². The van der Waals surface area contributed by atoms with Gasteiger partial charge in [-0.05, 0) is 24.5 Å². The number of rotatable bonds is 6. The second kappa shape index (κ2) is 7.29. The molecule has 0 spiro atoms. The SMILES string of the molecule is CCN(CC)C(CNC(=O)OC)c1cccs1. The summed E-state index contributed by atoms with van der Waals surface area (Å²) in [5.74, 6) is 0. The van der Waals surface area contributed by atoms with Gasteiger partial charge in [-0.15, -0.1) is 11.3 Å². The van der Waals surface area contributed by atoms with Crippen molar-refractivity contribution >= 4 is 17.4 Å². The van der Waals surface area contributed by atoms with E-state index < -0.39 is 0 Å². The van der Waals surface area contributed by atoms with Crippen LogP contribution in [-0.2, 0) is 4.74 Å². The van der Waals surface area contributed by atoms with Gasteiger partial charge >= 0.3 is 6.09 Å². The van der Waals surface area contributed by atoms with Gasteiger partial charge in [-0.3, -0.25) is 4.90 Å². The number of methoxy groups -OCH3 is 1. The van der Waals surface area contributed by atoms with Crippen LogP contribution in [0.25, 0.3) is 0 Å². The van der Waals surface area contributed by atoms with Crippen molar-refractivity contribution < 1.29 is 9.53 Å².